The number of ether oxygens (including phenoxy) is 1. The van der Waals surface area contributed by atoms with E-state index < -0.39 is 18.3 Å². The van der Waals surface area contributed by atoms with Gasteiger partial charge in [-0.1, -0.05) is 35.3 Å². The predicted octanol–water partition coefficient (Wildman–Crippen LogP) is 4.52. The summed E-state index contributed by atoms with van der Waals surface area (Å²) in [5.41, 5.74) is 1.39. The minimum Gasteiger partial charge on any atom is -0.507 e. The van der Waals surface area contributed by atoms with E-state index in [1.807, 2.05) is 12.1 Å². The second kappa shape index (κ2) is 7.48. The summed E-state index contributed by atoms with van der Waals surface area (Å²) in [4.78, 5) is 19.2. The summed E-state index contributed by atoms with van der Waals surface area (Å²) in [6.07, 6.45) is 0. The van der Waals surface area contributed by atoms with Crippen LogP contribution in [-0.4, -0.2) is 27.7 Å². The van der Waals surface area contributed by atoms with Crippen LogP contribution in [0.1, 0.15) is 16.2 Å². The number of hydrogen-bond acceptors (Lipinski definition) is 5. The number of para-hydroxylation sites is 2. The maximum atomic E-state index is 12.1. The molecule has 3 aromatic rings. The van der Waals surface area contributed by atoms with Crippen LogP contribution in [0.4, 0.5) is 0 Å². The van der Waals surface area contributed by atoms with Gasteiger partial charge < -0.3 is 14.8 Å². The molecule has 8 heteroatoms. The van der Waals surface area contributed by atoms with E-state index in [9.17, 15) is 15.2 Å². The summed E-state index contributed by atoms with van der Waals surface area (Å²) < 4.78 is 5.02. The average molecular weight is 388 g/mol. The zero-order valence-electron chi connectivity index (χ0n) is 13.2. The molecular weight excluding hydrogens is 377 g/mol. The highest BCUT2D eigenvalue weighted by molar-refractivity contribution is 6.35. The van der Waals surface area contributed by atoms with Crippen LogP contribution in [0.3, 0.4) is 0 Å². The number of aliphatic hydroxyl groups is 1. The number of esters is 1. The number of aliphatic hydroxyl groups excluding tert-OH is 1. The minimum absolute atomic E-state index is 0.113. The number of imidazole rings is 1. The molecule has 0 saturated heterocycles. The van der Waals surface area contributed by atoms with Crippen molar-refractivity contribution < 1.29 is 14.6 Å². The van der Waals surface area contributed by atoms with Crippen LogP contribution in [0.25, 0.3) is 16.6 Å². The molecule has 0 atom stereocenters. The Balaban J connectivity index is 1.80. The summed E-state index contributed by atoms with van der Waals surface area (Å²) in [5.74, 6) is -0.969. The van der Waals surface area contributed by atoms with E-state index >= 15 is 0 Å². The van der Waals surface area contributed by atoms with E-state index in [-0.39, 0.29) is 27.0 Å². The van der Waals surface area contributed by atoms with Crippen LogP contribution in [0.2, 0.25) is 10.0 Å². The molecule has 2 N–H and O–H groups in total. The molecule has 0 aliphatic heterocycles. The smallest absolute Gasteiger partial charge is 0.338 e. The zero-order chi connectivity index (χ0) is 18.7. The molecule has 0 radical (unpaired) electrons. The quantitative estimate of drug-likeness (QED) is 0.389. The number of rotatable bonds is 4. The standard InChI is InChI=1S/C18H11Cl2N3O3/c19-11-5-10(6-12(20)7-11)18(25)26-9-16(24)13(8-21)17-22-14-3-1-2-4-15(14)23-17/h1-7,24H,9H2,(H,22,23)/b16-13-. The number of carbonyl (C=O) groups is 1. The lowest BCUT2D eigenvalue weighted by Gasteiger charge is -2.06. The number of nitriles is 1. The predicted molar refractivity (Wildman–Crippen MR) is 98.0 cm³/mol. The maximum absolute atomic E-state index is 12.1. The number of nitrogens with zero attached hydrogens (tertiary/aromatic N) is 2. The molecular formula is C18H11Cl2N3O3. The SMILES string of the molecule is N#C/C(=C(/O)COC(=O)c1cc(Cl)cc(Cl)c1)c1nc2ccccc2[nH]1. The molecule has 0 spiro atoms. The molecule has 0 fully saturated rings. The molecule has 0 aliphatic rings. The molecule has 0 aliphatic carbocycles. The first-order valence-electron chi connectivity index (χ1n) is 7.38. The van der Waals surface area contributed by atoms with Crippen molar-refractivity contribution in [3.05, 3.63) is 69.7 Å². The van der Waals surface area contributed by atoms with Gasteiger partial charge in [0.2, 0.25) is 0 Å². The molecule has 3 rings (SSSR count). The first-order chi connectivity index (χ1) is 12.5. The monoisotopic (exact) mass is 387 g/mol. The maximum Gasteiger partial charge on any atom is 0.338 e. The lowest BCUT2D eigenvalue weighted by Crippen LogP contribution is -2.09. The highest BCUT2D eigenvalue weighted by Gasteiger charge is 2.16. The van der Waals surface area contributed by atoms with Gasteiger partial charge in [0.1, 0.15) is 18.2 Å². The third-order valence-electron chi connectivity index (χ3n) is 3.46. The molecule has 26 heavy (non-hydrogen) atoms. The number of allylic oxidation sites excluding steroid dienone is 1. The van der Waals surface area contributed by atoms with Gasteiger partial charge in [-0.15, -0.1) is 0 Å². The highest BCUT2D eigenvalue weighted by atomic mass is 35.5. The first-order valence-corrected chi connectivity index (χ1v) is 8.14. The van der Waals surface area contributed by atoms with E-state index in [0.717, 1.165) is 0 Å². The van der Waals surface area contributed by atoms with Crippen molar-refractivity contribution in [2.24, 2.45) is 0 Å². The summed E-state index contributed by atoms with van der Waals surface area (Å²) in [6, 6.07) is 13.3. The molecule has 0 unspecified atom stereocenters. The molecule has 2 aromatic carbocycles. The van der Waals surface area contributed by atoms with Crippen molar-refractivity contribution in [3.8, 4) is 6.07 Å². The number of benzene rings is 2. The van der Waals surface area contributed by atoms with E-state index in [4.69, 9.17) is 27.9 Å². The molecule has 0 amide bonds. The van der Waals surface area contributed by atoms with Gasteiger partial charge in [-0.3, -0.25) is 0 Å². The Hall–Kier alpha value is -3.01. The molecule has 1 aromatic heterocycles. The van der Waals surface area contributed by atoms with Crippen molar-refractivity contribution in [1.82, 2.24) is 9.97 Å². The molecule has 6 nitrogen and oxygen atoms in total. The van der Waals surface area contributed by atoms with Gasteiger partial charge in [0.15, 0.2) is 11.6 Å². The second-order valence-corrected chi connectivity index (χ2v) is 6.14. The van der Waals surface area contributed by atoms with Crippen LogP contribution in [-0.2, 0) is 4.74 Å². The van der Waals surface area contributed by atoms with Crippen molar-refractivity contribution >= 4 is 45.8 Å². The Morgan fingerprint density at radius 3 is 2.58 bits per heavy atom. The van der Waals surface area contributed by atoms with Crippen molar-refractivity contribution in [1.29, 1.82) is 5.26 Å². The summed E-state index contributed by atoms with van der Waals surface area (Å²) in [6.45, 7) is -0.497. The van der Waals surface area contributed by atoms with Crippen molar-refractivity contribution in [3.63, 3.8) is 0 Å². The Labute approximate surface area is 158 Å². The van der Waals surface area contributed by atoms with Gasteiger partial charge in [-0.25, -0.2) is 9.78 Å². The van der Waals surface area contributed by atoms with E-state index in [0.29, 0.717) is 11.0 Å². The number of carbonyl (C=O) groups excluding carboxylic acids is 1. The average Bonchev–Trinajstić information content (AvgIpc) is 3.03. The van der Waals surface area contributed by atoms with Crippen molar-refractivity contribution in [2.45, 2.75) is 0 Å². The Kier molecular flexibility index (Phi) is 5.12. The van der Waals surface area contributed by atoms with Gasteiger partial charge in [0.05, 0.1) is 16.6 Å². The Bertz CT molecular complexity index is 1010. The fourth-order valence-electron chi connectivity index (χ4n) is 2.29. The molecule has 0 bridgehead atoms. The highest BCUT2D eigenvalue weighted by Crippen LogP contribution is 2.21. The Morgan fingerprint density at radius 2 is 1.92 bits per heavy atom. The van der Waals surface area contributed by atoms with Crippen LogP contribution >= 0.6 is 23.2 Å². The summed E-state index contributed by atoms with van der Waals surface area (Å²) in [5, 5.41) is 20.1. The first kappa shape index (κ1) is 17.8. The van der Waals surface area contributed by atoms with Gasteiger partial charge in [-0.2, -0.15) is 5.26 Å². The lowest BCUT2D eigenvalue weighted by molar-refractivity contribution is 0.0503. The zero-order valence-corrected chi connectivity index (χ0v) is 14.7. The van der Waals surface area contributed by atoms with Gasteiger partial charge in [-0.05, 0) is 30.3 Å². The number of aromatic amines is 1. The van der Waals surface area contributed by atoms with Crippen LogP contribution in [0.5, 0.6) is 0 Å². The van der Waals surface area contributed by atoms with Gasteiger partial charge in [0.25, 0.3) is 0 Å². The molecule has 0 saturated carbocycles. The number of hydrogen-bond donors (Lipinski definition) is 2. The molecule has 1 heterocycles. The normalized spacial score (nSPS) is 11.7. The fraction of sp³-hybridized carbons (Fsp3) is 0.0556. The van der Waals surface area contributed by atoms with Crippen LogP contribution in [0, 0.1) is 11.3 Å². The number of fused-ring (bicyclic) bond motifs is 1. The summed E-state index contributed by atoms with van der Waals surface area (Å²) >= 11 is 11.7. The van der Waals surface area contributed by atoms with Crippen LogP contribution in [0.15, 0.2) is 48.2 Å². The van der Waals surface area contributed by atoms with Crippen molar-refractivity contribution in [2.75, 3.05) is 6.61 Å². The topological polar surface area (TPSA) is 99.0 Å². The van der Waals surface area contributed by atoms with Gasteiger partial charge in [0, 0.05) is 10.0 Å². The van der Waals surface area contributed by atoms with E-state index in [1.54, 1.807) is 18.2 Å². The fourth-order valence-corrected chi connectivity index (χ4v) is 2.81. The van der Waals surface area contributed by atoms with Gasteiger partial charge >= 0.3 is 5.97 Å². The third kappa shape index (κ3) is 3.80. The third-order valence-corrected chi connectivity index (χ3v) is 3.90. The minimum atomic E-state index is -0.733. The molecule has 130 valence electrons. The largest absolute Gasteiger partial charge is 0.507 e. The van der Waals surface area contributed by atoms with E-state index in [2.05, 4.69) is 9.97 Å². The number of halogens is 2. The second-order valence-electron chi connectivity index (χ2n) is 5.27. The lowest BCUT2D eigenvalue weighted by atomic mass is 10.2. The van der Waals surface area contributed by atoms with Crippen LogP contribution < -0.4 is 0 Å². The number of H-pyrrole nitrogens is 1. The Morgan fingerprint density at radius 1 is 1.23 bits per heavy atom. The van der Waals surface area contributed by atoms with E-state index in [1.165, 1.54) is 18.2 Å². The summed E-state index contributed by atoms with van der Waals surface area (Å²) in [7, 11) is 0. The number of nitrogens with one attached hydrogen (secondary N) is 1. The number of aromatic nitrogens is 2.